The Morgan fingerprint density at radius 3 is 2.65 bits per heavy atom. The van der Waals surface area contributed by atoms with Crippen molar-refractivity contribution in [3.8, 4) is 11.1 Å². The van der Waals surface area contributed by atoms with Gasteiger partial charge in [0.25, 0.3) is 11.5 Å². The fraction of sp³-hybridized carbons (Fsp3) is 0.487. The lowest BCUT2D eigenvalue weighted by Crippen LogP contribution is -2.65. The van der Waals surface area contributed by atoms with Gasteiger partial charge in [0.05, 0.1) is 30.5 Å². The van der Waals surface area contributed by atoms with Gasteiger partial charge in [0.2, 0.25) is 0 Å². The van der Waals surface area contributed by atoms with Gasteiger partial charge >= 0.3 is 0 Å². The quantitative estimate of drug-likeness (QED) is 0.360. The Morgan fingerprint density at radius 1 is 1.12 bits per heavy atom. The van der Waals surface area contributed by atoms with Gasteiger partial charge in [-0.25, -0.2) is 4.98 Å². The molecule has 1 unspecified atom stereocenters. The SMILES string of the molecule is C[C@H]1CN(C2COC2)C2(CC2)CN1C1=CNC(Nc2cc(-c3ccnc(N4CCn5c(cc6c5CC(C)(C)C6)C4=O)c3C=O)cn(C)c2=O)C=C1. The molecule has 0 bridgehead atoms. The Labute approximate surface area is 297 Å². The van der Waals surface area contributed by atoms with Gasteiger partial charge in [0, 0.05) is 74.7 Å². The Hall–Kier alpha value is -4.68. The number of hydrogen-bond acceptors (Lipinski definition) is 9. The van der Waals surface area contributed by atoms with Crippen molar-refractivity contribution in [2.75, 3.05) is 43.1 Å². The molecule has 266 valence electrons. The second kappa shape index (κ2) is 11.7. The third-order valence-corrected chi connectivity index (χ3v) is 11.9. The molecular weight excluding hydrogens is 644 g/mol. The molecule has 1 amide bonds. The highest BCUT2D eigenvalue weighted by Gasteiger charge is 2.56. The molecule has 0 radical (unpaired) electrons. The first-order valence-electron chi connectivity index (χ1n) is 18.2. The number of allylic oxidation sites excluding steroid dienone is 1. The van der Waals surface area contributed by atoms with Gasteiger partial charge in [-0.1, -0.05) is 13.8 Å². The van der Waals surface area contributed by atoms with Crippen LogP contribution in [0.25, 0.3) is 11.1 Å². The topological polar surface area (TPSA) is 117 Å². The maximum Gasteiger partial charge on any atom is 0.276 e. The first-order chi connectivity index (χ1) is 24.5. The minimum absolute atomic E-state index is 0.150. The number of pyridine rings is 2. The van der Waals surface area contributed by atoms with Crippen molar-refractivity contribution in [3.05, 3.63) is 87.5 Å². The number of aryl methyl sites for hydroxylation is 1. The summed E-state index contributed by atoms with van der Waals surface area (Å²) in [6, 6.07) is 6.49. The molecule has 1 saturated carbocycles. The van der Waals surface area contributed by atoms with Crippen LogP contribution >= 0.6 is 0 Å². The van der Waals surface area contributed by atoms with Crippen molar-refractivity contribution in [2.45, 2.75) is 76.8 Å². The highest BCUT2D eigenvalue weighted by molar-refractivity contribution is 6.08. The van der Waals surface area contributed by atoms with Crippen LogP contribution in [0.1, 0.15) is 65.7 Å². The van der Waals surface area contributed by atoms with Gasteiger partial charge < -0.3 is 29.4 Å². The highest BCUT2D eigenvalue weighted by atomic mass is 16.5. The number of anilines is 2. The average molecular weight is 691 g/mol. The number of ether oxygens (including phenoxy) is 1. The van der Waals surface area contributed by atoms with E-state index in [0.29, 0.717) is 59.1 Å². The summed E-state index contributed by atoms with van der Waals surface area (Å²) in [6.07, 6.45) is 14.4. The minimum Gasteiger partial charge on any atom is -0.378 e. The number of piperazine rings is 1. The van der Waals surface area contributed by atoms with Crippen LogP contribution in [-0.4, -0.2) is 92.7 Å². The Morgan fingerprint density at radius 2 is 1.94 bits per heavy atom. The van der Waals surface area contributed by atoms with E-state index >= 15 is 0 Å². The summed E-state index contributed by atoms with van der Waals surface area (Å²) in [5, 5.41) is 6.83. The van der Waals surface area contributed by atoms with Crippen molar-refractivity contribution in [1.82, 2.24) is 29.2 Å². The van der Waals surface area contributed by atoms with Gasteiger partial charge in [-0.2, -0.15) is 0 Å². The number of carbonyl (C=O) groups is 2. The van der Waals surface area contributed by atoms with E-state index in [1.165, 1.54) is 28.7 Å². The lowest BCUT2D eigenvalue weighted by Gasteiger charge is -2.52. The molecule has 9 rings (SSSR count). The van der Waals surface area contributed by atoms with Crippen LogP contribution in [-0.2, 0) is 31.2 Å². The number of aldehydes is 1. The third-order valence-electron chi connectivity index (χ3n) is 11.9. The van der Waals surface area contributed by atoms with E-state index in [1.807, 2.05) is 12.3 Å². The maximum absolute atomic E-state index is 13.9. The van der Waals surface area contributed by atoms with Crippen LogP contribution in [0, 0.1) is 5.41 Å². The number of hydrogen-bond donors (Lipinski definition) is 2. The van der Waals surface area contributed by atoms with E-state index in [0.717, 1.165) is 51.1 Å². The van der Waals surface area contributed by atoms with E-state index in [1.54, 1.807) is 36.5 Å². The summed E-state index contributed by atoms with van der Waals surface area (Å²) in [4.78, 5) is 51.4. The van der Waals surface area contributed by atoms with E-state index in [-0.39, 0.29) is 28.6 Å². The van der Waals surface area contributed by atoms with Crippen LogP contribution in [0.3, 0.4) is 0 Å². The fourth-order valence-corrected chi connectivity index (χ4v) is 9.05. The minimum atomic E-state index is -0.303. The second-order valence-corrected chi connectivity index (χ2v) is 16.2. The van der Waals surface area contributed by atoms with Crippen molar-refractivity contribution < 1.29 is 14.3 Å². The summed E-state index contributed by atoms with van der Waals surface area (Å²) in [6.45, 7) is 11.6. The lowest BCUT2D eigenvalue weighted by atomic mass is 9.90. The summed E-state index contributed by atoms with van der Waals surface area (Å²) < 4.78 is 9.19. The first kappa shape index (κ1) is 32.2. The molecule has 0 aromatic carbocycles. The van der Waals surface area contributed by atoms with E-state index in [2.05, 4.69) is 62.9 Å². The predicted molar refractivity (Wildman–Crippen MR) is 195 cm³/mol. The molecule has 3 aromatic rings. The van der Waals surface area contributed by atoms with Crippen molar-refractivity contribution in [3.63, 3.8) is 0 Å². The molecule has 2 N–H and O–H groups in total. The number of aromatic nitrogens is 3. The summed E-state index contributed by atoms with van der Waals surface area (Å²) in [5.74, 6) is 0.186. The number of amides is 1. The second-order valence-electron chi connectivity index (χ2n) is 16.2. The van der Waals surface area contributed by atoms with Crippen molar-refractivity contribution >= 4 is 23.7 Å². The van der Waals surface area contributed by atoms with Crippen LogP contribution in [0.5, 0.6) is 0 Å². The Balaban J connectivity index is 0.938. The standard InChI is InChI=1S/C39H46N8O4/c1-24-18-47(28-21-51-22-28)39(8-9-39)23-46(24)27-5-6-34(41-17-27)42-31-13-26(19-43(4)36(31)49)29-7-10-40-35(30(29)20-48)45-12-11-44-32(37(45)50)14-25-15-38(2,3)16-33(25)44/h5-7,10,13-14,17,19-20,24,28,34,41-42H,8-9,11-12,15-16,18,21-23H2,1-4H3/t24-,34?/m0/s1. The van der Waals surface area contributed by atoms with Gasteiger partial charge in [0.15, 0.2) is 6.29 Å². The number of nitrogens with zero attached hydrogens (tertiary/aromatic N) is 6. The third kappa shape index (κ3) is 5.33. The molecule has 7 heterocycles. The molecule has 2 saturated heterocycles. The Kier molecular flexibility index (Phi) is 7.38. The molecule has 51 heavy (non-hydrogen) atoms. The maximum atomic E-state index is 13.9. The zero-order valence-corrected chi connectivity index (χ0v) is 29.8. The highest BCUT2D eigenvalue weighted by Crippen LogP contribution is 2.48. The van der Waals surface area contributed by atoms with Gasteiger partial charge in [-0.05, 0) is 79.5 Å². The molecule has 1 spiro atoms. The zero-order valence-electron chi connectivity index (χ0n) is 29.8. The van der Waals surface area contributed by atoms with Crippen LogP contribution in [0.15, 0.2) is 59.4 Å². The molecule has 3 fully saturated rings. The number of carbonyl (C=O) groups excluding carboxylic acids is 2. The molecule has 6 aliphatic rings. The molecular formula is C39H46N8O4. The smallest absolute Gasteiger partial charge is 0.276 e. The van der Waals surface area contributed by atoms with E-state index in [4.69, 9.17) is 4.74 Å². The fourth-order valence-electron chi connectivity index (χ4n) is 9.05. The van der Waals surface area contributed by atoms with Crippen molar-refractivity contribution in [1.29, 1.82) is 0 Å². The number of dihydropyridines is 1. The van der Waals surface area contributed by atoms with Crippen LogP contribution < -0.4 is 21.1 Å². The van der Waals surface area contributed by atoms with E-state index < -0.39 is 0 Å². The van der Waals surface area contributed by atoms with Gasteiger partial charge in [0.1, 0.15) is 23.4 Å². The van der Waals surface area contributed by atoms with Crippen LogP contribution in [0.4, 0.5) is 11.5 Å². The number of rotatable bonds is 7. The average Bonchev–Trinajstić information content (AvgIpc) is 3.69. The van der Waals surface area contributed by atoms with E-state index in [9.17, 15) is 14.4 Å². The largest absolute Gasteiger partial charge is 0.378 e. The molecule has 2 atom stereocenters. The molecule has 3 aromatic heterocycles. The zero-order chi connectivity index (χ0) is 35.2. The van der Waals surface area contributed by atoms with Crippen molar-refractivity contribution in [2.24, 2.45) is 12.5 Å². The van der Waals surface area contributed by atoms with Gasteiger partial charge in [-0.3, -0.25) is 24.2 Å². The first-order valence-corrected chi connectivity index (χ1v) is 18.2. The molecule has 2 aliphatic carbocycles. The Bertz CT molecular complexity index is 2070. The normalized spacial score (nSPS) is 24.9. The monoisotopic (exact) mass is 690 g/mol. The predicted octanol–water partition coefficient (Wildman–Crippen LogP) is 3.52. The van der Waals surface area contributed by atoms with Crippen LogP contribution in [0.2, 0.25) is 0 Å². The van der Waals surface area contributed by atoms with Gasteiger partial charge in [-0.15, -0.1) is 0 Å². The summed E-state index contributed by atoms with van der Waals surface area (Å²) in [5.41, 5.74) is 6.55. The number of nitrogens with one attached hydrogen (secondary N) is 2. The lowest BCUT2D eigenvalue weighted by molar-refractivity contribution is -0.108. The molecule has 12 nitrogen and oxygen atoms in total. The summed E-state index contributed by atoms with van der Waals surface area (Å²) in [7, 11) is 1.70. The number of fused-ring (bicyclic) bond motifs is 3. The molecule has 12 heteroatoms. The summed E-state index contributed by atoms with van der Waals surface area (Å²) >= 11 is 0. The molecule has 4 aliphatic heterocycles.